The second-order valence-electron chi connectivity index (χ2n) is 6.52. The van der Waals surface area contributed by atoms with Crippen LogP contribution in [0, 0.1) is 0 Å². The van der Waals surface area contributed by atoms with Crippen molar-refractivity contribution in [3.8, 4) is 11.5 Å². The Morgan fingerprint density at radius 1 is 1.15 bits per heavy atom. The summed E-state index contributed by atoms with van der Waals surface area (Å²) in [6.07, 6.45) is 1.10. The highest BCUT2D eigenvalue weighted by molar-refractivity contribution is 5.80. The first kappa shape index (κ1) is 16.6. The summed E-state index contributed by atoms with van der Waals surface area (Å²) in [6, 6.07) is 16.9. The van der Waals surface area contributed by atoms with Crippen LogP contribution in [-0.2, 0) is 6.54 Å². The molecule has 1 saturated heterocycles. The number of fused-ring (bicyclic) bond motifs is 1. The monoisotopic (exact) mass is 352 g/mol. The number of para-hydroxylation sites is 1. The number of ether oxygens (including phenoxy) is 2. The van der Waals surface area contributed by atoms with Gasteiger partial charge in [-0.05, 0) is 36.2 Å². The average Bonchev–Trinajstić information content (AvgIpc) is 3.34. The molecule has 6 nitrogen and oxygen atoms in total. The van der Waals surface area contributed by atoms with Gasteiger partial charge in [-0.15, -0.1) is 0 Å². The molecule has 0 aliphatic carbocycles. The molecule has 2 N–H and O–H groups in total. The fourth-order valence-electron chi connectivity index (χ4n) is 3.38. The molecule has 0 amide bonds. The highest BCUT2D eigenvalue weighted by atomic mass is 16.7. The van der Waals surface area contributed by atoms with Crippen LogP contribution in [0.4, 0.5) is 5.69 Å². The van der Waals surface area contributed by atoms with Crippen LogP contribution in [0.15, 0.2) is 53.5 Å². The van der Waals surface area contributed by atoms with Gasteiger partial charge in [-0.2, -0.15) is 0 Å². The Kier molecular flexibility index (Phi) is 4.82. The second kappa shape index (κ2) is 7.56. The predicted molar refractivity (Wildman–Crippen MR) is 103 cm³/mol. The molecule has 2 heterocycles. The van der Waals surface area contributed by atoms with Crippen molar-refractivity contribution in [2.45, 2.75) is 19.0 Å². The molecule has 0 aromatic heterocycles. The Hall–Kier alpha value is -2.89. The number of benzene rings is 2. The number of guanidine groups is 1. The molecule has 136 valence electrons. The Morgan fingerprint density at radius 3 is 2.85 bits per heavy atom. The molecule has 2 aromatic rings. The second-order valence-corrected chi connectivity index (χ2v) is 6.52. The first-order valence-electron chi connectivity index (χ1n) is 8.97. The molecule has 0 radical (unpaired) electrons. The third-order valence-electron chi connectivity index (χ3n) is 4.77. The van der Waals surface area contributed by atoms with E-state index in [4.69, 9.17) is 9.47 Å². The quantitative estimate of drug-likeness (QED) is 0.653. The van der Waals surface area contributed by atoms with E-state index < -0.39 is 0 Å². The van der Waals surface area contributed by atoms with Gasteiger partial charge in [0.1, 0.15) is 0 Å². The van der Waals surface area contributed by atoms with Crippen LogP contribution in [0.2, 0.25) is 0 Å². The van der Waals surface area contributed by atoms with Crippen LogP contribution in [0.5, 0.6) is 11.5 Å². The van der Waals surface area contributed by atoms with Crippen LogP contribution >= 0.6 is 0 Å². The number of nitrogens with zero attached hydrogens (tertiary/aromatic N) is 2. The van der Waals surface area contributed by atoms with Crippen LogP contribution in [-0.4, -0.2) is 38.9 Å². The zero-order valence-electron chi connectivity index (χ0n) is 14.9. The molecular formula is C20H24N4O2. The van der Waals surface area contributed by atoms with Gasteiger partial charge in [0, 0.05) is 38.4 Å². The van der Waals surface area contributed by atoms with Gasteiger partial charge in [-0.1, -0.05) is 24.3 Å². The molecule has 0 bridgehead atoms. The van der Waals surface area contributed by atoms with Crippen molar-refractivity contribution in [2.24, 2.45) is 4.99 Å². The lowest BCUT2D eigenvalue weighted by Gasteiger charge is -2.20. The molecule has 1 fully saturated rings. The Morgan fingerprint density at radius 2 is 2.00 bits per heavy atom. The SMILES string of the molecule is CN=C(NCc1ccc2c(c1)OCO2)NC1CCN(c2ccccc2)C1. The molecule has 4 rings (SSSR count). The average molecular weight is 352 g/mol. The van der Waals surface area contributed by atoms with Gasteiger partial charge in [0.05, 0.1) is 0 Å². The summed E-state index contributed by atoms with van der Waals surface area (Å²) in [5, 5.41) is 6.91. The van der Waals surface area contributed by atoms with Crippen molar-refractivity contribution >= 4 is 11.6 Å². The topological polar surface area (TPSA) is 58.1 Å². The van der Waals surface area contributed by atoms with E-state index in [1.807, 2.05) is 18.2 Å². The van der Waals surface area contributed by atoms with Gasteiger partial charge in [0.2, 0.25) is 6.79 Å². The Balaban J connectivity index is 1.30. The van der Waals surface area contributed by atoms with E-state index in [1.54, 1.807) is 7.05 Å². The van der Waals surface area contributed by atoms with E-state index >= 15 is 0 Å². The van der Waals surface area contributed by atoms with Crippen LogP contribution in [0.1, 0.15) is 12.0 Å². The smallest absolute Gasteiger partial charge is 0.231 e. The standard InChI is InChI=1S/C20H24N4O2/c1-21-20(22-12-15-7-8-18-19(11-15)26-14-25-18)23-16-9-10-24(13-16)17-5-3-2-4-6-17/h2-8,11,16H,9-10,12-14H2,1H3,(H2,21,22,23). The van der Waals surface area contributed by atoms with Crippen molar-refractivity contribution < 1.29 is 9.47 Å². The summed E-state index contributed by atoms with van der Waals surface area (Å²) in [5.74, 6) is 2.44. The number of aliphatic imine (C=N–C) groups is 1. The molecule has 0 spiro atoms. The van der Waals surface area contributed by atoms with E-state index in [-0.39, 0.29) is 0 Å². The minimum atomic E-state index is 0.301. The lowest BCUT2D eigenvalue weighted by Crippen LogP contribution is -2.44. The summed E-state index contributed by atoms with van der Waals surface area (Å²) in [6.45, 7) is 3.02. The third-order valence-corrected chi connectivity index (χ3v) is 4.77. The summed E-state index contributed by atoms with van der Waals surface area (Å²) < 4.78 is 10.8. The fraction of sp³-hybridized carbons (Fsp3) is 0.350. The highest BCUT2D eigenvalue weighted by Gasteiger charge is 2.23. The first-order valence-corrected chi connectivity index (χ1v) is 8.97. The van der Waals surface area contributed by atoms with Gasteiger partial charge in [0.25, 0.3) is 0 Å². The number of nitrogens with one attached hydrogen (secondary N) is 2. The van der Waals surface area contributed by atoms with Crippen molar-refractivity contribution in [2.75, 3.05) is 31.8 Å². The van der Waals surface area contributed by atoms with Crippen molar-refractivity contribution in [3.05, 3.63) is 54.1 Å². The maximum Gasteiger partial charge on any atom is 0.231 e. The van der Waals surface area contributed by atoms with Crippen LogP contribution in [0.3, 0.4) is 0 Å². The number of hydrogen-bond acceptors (Lipinski definition) is 4. The predicted octanol–water partition coefficient (Wildman–Crippen LogP) is 2.36. The molecule has 26 heavy (non-hydrogen) atoms. The number of anilines is 1. The summed E-state index contributed by atoms with van der Waals surface area (Å²) >= 11 is 0. The Labute approximate surface area is 153 Å². The number of rotatable bonds is 4. The fourth-order valence-corrected chi connectivity index (χ4v) is 3.38. The van der Waals surface area contributed by atoms with Gasteiger partial charge in [0.15, 0.2) is 17.5 Å². The van der Waals surface area contributed by atoms with Crippen LogP contribution in [0.25, 0.3) is 0 Å². The van der Waals surface area contributed by atoms with E-state index in [9.17, 15) is 0 Å². The highest BCUT2D eigenvalue weighted by Crippen LogP contribution is 2.32. The molecule has 1 atom stereocenters. The van der Waals surface area contributed by atoms with Gasteiger partial charge < -0.3 is 25.0 Å². The van der Waals surface area contributed by atoms with E-state index in [1.165, 1.54) is 5.69 Å². The normalized spacial score (nSPS) is 18.9. The summed E-state index contributed by atoms with van der Waals surface area (Å²) in [4.78, 5) is 6.76. The molecule has 1 unspecified atom stereocenters. The van der Waals surface area contributed by atoms with Crippen molar-refractivity contribution in [3.63, 3.8) is 0 Å². The van der Waals surface area contributed by atoms with Crippen molar-refractivity contribution in [1.82, 2.24) is 10.6 Å². The van der Waals surface area contributed by atoms with Crippen LogP contribution < -0.4 is 25.0 Å². The van der Waals surface area contributed by atoms with Gasteiger partial charge >= 0.3 is 0 Å². The molecule has 2 aliphatic rings. The largest absolute Gasteiger partial charge is 0.454 e. The molecule has 0 saturated carbocycles. The van der Waals surface area contributed by atoms with Crippen molar-refractivity contribution in [1.29, 1.82) is 0 Å². The van der Waals surface area contributed by atoms with E-state index in [0.717, 1.165) is 42.5 Å². The molecule has 6 heteroatoms. The zero-order chi connectivity index (χ0) is 17.8. The Bertz CT molecular complexity index is 779. The molecule has 2 aliphatic heterocycles. The van der Waals surface area contributed by atoms with Gasteiger partial charge in [-0.25, -0.2) is 0 Å². The lowest BCUT2D eigenvalue weighted by atomic mass is 10.2. The van der Waals surface area contributed by atoms with E-state index in [2.05, 4.69) is 50.9 Å². The maximum absolute atomic E-state index is 5.43. The minimum Gasteiger partial charge on any atom is -0.454 e. The maximum atomic E-state index is 5.43. The summed E-state index contributed by atoms with van der Waals surface area (Å²) in [7, 11) is 1.80. The third kappa shape index (κ3) is 3.69. The first-order chi connectivity index (χ1) is 12.8. The zero-order valence-corrected chi connectivity index (χ0v) is 14.9. The minimum absolute atomic E-state index is 0.301. The molecular weight excluding hydrogens is 328 g/mol. The summed E-state index contributed by atoms with van der Waals surface area (Å²) in [5.41, 5.74) is 2.41. The molecule has 2 aromatic carbocycles. The lowest BCUT2D eigenvalue weighted by molar-refractivity contribution is 0.174. The van der Waals surface area contributed by atoms with E-state index in [0.29, 0.717) is 19.4 Å². The number of hydrogen-bond donors (Lipinski definition) is 2. The van der Waals surface area contributed by atoms with Gasteiger partial charge in [-0.3, -0.25) is 4.99 Å².